The monoisotopic (exact) mass is 230 g/mol. The van der Waals surface area contributed by atoms with Crippen molar-refractivity contribution in [2.24, 2.45) is 0 Å². The average Bonchev–Trinajstić information content (AvgIpc) is 1.35. The Bertz CT molecular complexity index is 38.5. The molecule has 0 N–H and O–H groups in total. The third-order valence-corrected chi connectivity index (χ3v) is 24.2. The van der Waals surface area contributed by atoms with E-state index in [-0.39, 0.29) is 0 Å². The molecular formula is C3H11ISi2. The van der Waals surface area contributed by atoms with Crippen molar-refractivity contribution in [3.63, 3.8) is 0 Å². The Morgan fingerprint density at radius 1 is 1.33 bits per heavy atom. The summed E-state index contributed by atoms with van der Waals surface area (Å²) in [6.45, 7) is 7.67. The minimum atomic E-state index is -0.506. The summed E-state index contributed by atoms with van der Waals surface area (Å²) < 4.78 is 0. The molecule has 0 aliphatic rings. The largest absolute Gasteiger partial charge is 0.131 e. The van der Waals surface area contributed by atoms with Crippen molar-refractivity contribution < 1.29 is 0 Å². The predicted octanol–water partition coefficient (Wildman–Crippen LogP) is 1.34. The van der Waals surface area contributed by atoms with E-state index < -0.39 is 7.59 Å². The summed E-state index contributed by atoms with van der Waals surface area (Å²) in [6.07, 6.45) is 0. The van der Waals surface area contributed by atoms with E-state index in [1.54, 1.807) is 0 Å². The van der Waals surface area contributed by atoms with E-state index in [9.17, 15) is 0 Å². The lowest BCUT2D eigenvalue weighted by molar-refractivity contribution is 1.87. The number of halogens is 1. The van der Waals surface area contributed by atoms with Crippen LogP contribution in [0.3, 0.4) is 0 Å². The number of rotatable bonds is 1. The van der Waals surface area contributed by atoms with Crippen molar-refractivity contribution in [1.29, 1.82) is 0 Å². The minimum Gasteiger partial charge on any atom is -0.131 e. The van der Waals surface area contributed by atoms with Gasteiger partial charge in [-0.2, -0.15) is 0 Å². The van der Waals surface area contributed by atoms with Gasteiger partial charge in [-0.25, -0.2) is 0 Å². The maximum absolute atomic E-state index is 2.59. The molecule has 0 aromatic rings. The highest BCUT2D eigenvalue weighted by Crippen LogP contribution is 1.99. The van der Waals surface area contributed by atoms with Crippen LogP contribution in [0.15, 0.2) is 0 Å². The van der Waals surface area contributed by atoms with Gasteiger partial charge in [-0.15, -0.1) is 21.8 Å². The normalized spacial score (nSPS) is 14.0. The Morgan fingerprint density at radius 3 is 1.50 bits per heavy atom. The van der Waals surface area contributed by atoms with Gasteiger partial charge in [0.25, 0.3) is 0 Å². The first-order chi connectivity index (χ1) is 2.56. The van der Waals surface area contributed by atoms with Gasteiger partial charge in [-0.05, 0) is 0 Å². The van der Waals surface area contributed by atoms with Crippen LogP contribution in [-0.4, -0.2) is 14.1 Å². The summed E-state index contributed by atoms with van der Waals surface area (Å²) >= 11 is 2.59. The quantitative estimate of drug-likeness (QED) is 0.362. The van der Waals surface area contributed by atoms with E-state index in [0.717, 1.165) is 0 Å². The Kier molecular flexibility index (Phi) is 2.94. The maximum Gasteiger partial charge on any atom is 0.0867 e. The molecule has 0 aliphatic heterocycles. The lowest BCUT2D eigenvalue weighted by Gasteiger charge is -2.07. The molecule has 0 rings (SSSR count). The molecule has 0 spiro atoms. The molecule has 0 fully saturated rings. The van der Waals surface area contributed by atoms with Crippen molar-refractivity contribution in [3.05, 3.63) is 0 Å². The molecule has 3 heteroatoms. The first-order valence-corrected chi connectivity index (χ1v) is 13.1. The number of hydrogen-bond donors (Lipinski definition) is 0. The number of hydrogen-bond acceptors (Lipinski definition) is 0. The van der Waals surface area contributed by atoms with Gasteiger partial charge in [0.15, 0.2) is 0 Å². The summed E-state index contributed by atoms with van der Waals surface area (Å²) in [7, 11) is -0.506. The highest BCUT2D eigenvalue weighted by molar-refractivity contribution is 14.1. The van der Waals surface area contributed by atoms with Crippen molar-refractivity contribution >= 4 is 35.9 Å². The summed E-state index contributed by atoms with van der Waals surface area (Å²) in [5.41, 5.74) is 0. The fraction of sp³-hybridized carbons (Fsp3) is 1.00. The molecule has 0 heterocycles. The molecule has 0 amide bonds. The van der Waals surface area contributed by atoms with E-state index >= 15 is 0 Å². The Hall–Kier alpha value is 1.16. The molecule has 0 atom stereocenters. The molecule has 0 saturated heterocycles. The first kappa shape index (κ1) is 7.16. The van der Waals surface area contributed by atoms with Gasteiger partial charge in [0, 0.05) is 7.59 Å². The Labute approximate surface area is 55.5 Å². The van der Waals surface area contributed by atoms with Gasteiger partial charge in [0.1, 0.15) is 0 Å². The zero-order valence-corrected chi connectivity index (χ0v) is 9.16. The molecular weight excluding hydrogens is 219 g/mol. The van der Waals surface area contributed by atoms with Gasteiger partial charge in [-0.1, -0.05) is 19.6 Å². The summed E-state index contributed by atoms with van der Waals surface area (Å²) in [5, 5.41) is 0. The summed E-state index contributed by atoms with van der Waals surface area (Å²) in [6, 6.07) is 0. The first-order valence-electron chi connectivity index (χ1n) is 2.12. The third-order valence-electron chi connectivity index (χ3n) is 0.401. The Balaban J connectivity index is 3.17. The highest BCUT2D eigenvalue weighted by atomic mass is 127. The summed E-state index contributed by atoms with van der Waals surface area (Å²) in [4.78, 5) is 0. The smallest absolute Gasteiger partial charge is 0.0867 e. The fourth-order valence-electron chi connectivity index (χ4n) is 0. The van der Waals surface area contributed by atoms with Crippen LogP contribution in [0.2, 0.25) is 19.6 Å². The van der Waals surface area contributed by atoms with Crippen LogP contribution in [0.4, 0.5) is 0 Å². The molecule has 0 bridgehead atoms. The van der Waals surface area contributed by atoms with E-state index in [0.29, 0.717) is 6.53 Å². The average molecular weight is 230 g/mol. The van der Waals surface area contributed by atoms with Gasteiger partial charge < -0.3 is 0 Å². The van der Waals surface area contributed by atoms with Crippen molar-refractivity contribution in [2.75, 3.05) is 0 Å². The lowest BCUT2D eigenvalue weighted by atomic mass is 11.8. The van der Waals surface area contributed by atoms with E-state index in [4.69, 9.17) is 0 Å². The molecule has 0 radical (unpaired) electrons. The maximum atomic E-state index is 2.59. The molecule has 0 saturated carbocycles. The molecule has 0 nitrogen and oxygen atoms in total. The standard InChI is InChI=1S/C3H11ISi2/c1-6(2,3)5-4/h5H2,1-3H3. The molecule has 0 aromatic carbocycles. The highest BCUT2D eigenvalue weighted by Gasteiger charge is 2.09. The van der Waals surface area contributed by atoms with Gasteiger partial charge in [0.05, 0.1) is 6.53 Å². The molecule has 0 unspecified atom stereocenters. The van der Waals surface area contributed by atoms with Crippen LogP contribution >= 0.6 is 21.8 Å². The van der Waals surface area contributed by atoms with Crippen LogP contribution in [0.1, 0.15) is 0 Å². The van der Waals surface area contributed by atoms with Crippen LogP contribution in [0, 0.1) is 0 Å². The second-order valence-corrected chi connectivity index (χ2v) is 22.1. The second kappa shape index (κ2) is 2.47. The van der Waals surface area contributed by atoms with Crippen LogP contribution in [0.25, 0.3) is 0 Å². The van der Waals surface area contributed by atoms with Crippen molar-refractivity contribution in [1.82, 2.24) is 0 Å². The van der Waals surface area contributed by atoms with Crippen molar-refractivity contribution in [3.8, 4) is 0 Å². The van der Waals surface area contributed by atoms with E-state index in [1.807, 2.05) is 0 Å². The topological polar surface area (TPSA) is 0 Å². The minimum absolute atomic E-state index is 0.361. The molecule has 0 aromatic heterocycles. The fourth-order valence-corrected chi connectivity index (χ4v) is 0. The van der Waals surface area contributed by atoms with Crippen molar-refractivity contribution in [2.45, 2.75) is 19.6 Å². The SMILES string of the molecule is C[Si](C)(C)[SiH2]I. The van der Waals surface area contributed by atoms with Crippen LogP contribution in [0.5, 0.6) is 0 Å². The zero-order chi connectivity index (χ0) is 5.21. The van der Waals surface area contributed by atoms with Crippen LogP contribution in [-0.2, 0) is 0 Å². The van der Waals surface area contributed by atoms with Crippen LogP contribution < -0.4 is 0 Å². The zero-order valence-electron chi connectivity index (χ0n) is 4.59. The predicted molar refractivity (Wildman–Crippen MR) is 45.9 cm³/mol. The van der Waals surface area contributed by atoms with Gasteiger partial charge in [0.2, 0.25) is 0 Å². The molecule has 6 heavy (non-hydrogen) atoms. The molecule has 38 valence electrons. The Morgan fingerprint density at radius 2 is 1.50 bits per heavy atom. The summed E-state index contributed by atoms with van der Waals surface area (Å²) in [5.74, 6) is 0. The van der Waals surface area contributed by atoms with Gasteiger partial charge in [-0.3, -0.25) is 0 Å². The lowest BCUT2D eigenvalue weighted by Crippen LogP contribution is -2.25. The molecule has 0 aliphatic carbocycles. The van der Waals surface area contributed by atoms with E-state index in [1.165, 1.54) is 0 Å². The van der Waals surface area contributed by atoms with E-state index in [2.05, 4.69) is 41.4 Å². The second-order valence-electron chi connectivity index (χ2n) is 2.69. The van der Waals surface area contributed by atoms with Gasteiger partial charge >= 0.3 is 0 Å². The third kappa shape index (κ3) is 5.16.